The quantitative estimate of drug-likeness (QED) is 0.703. The number of aliphatic carboxylic acids is 1. The zero-order valence-corrected chi connectivity index (χ0v) is 6.56. The van der Waals surface area contributed by atoms with Crippen molar-refractivity contribution in [2.45, 2.75) is 12.8 Å². The van der Waals surface area contributed by atoms with Crippen LogP contribution >= 0.6 is 0 Å². The molecule has 13 heavy (non-hydrogen) atoms. The second-order valence-corrected chi connectivity index (χ2v) is 2.38. The topological polar surface area (TPSA) is 101 Å². The van der Waals surface area contributed by atoms with E-state index < -0.39 is 11.9 Å². The van der Waals surface area contributed by atoms with Crippen LogP contribution in [0, 0.1) is 0 Å². The zero-order chi connectivity index (χ0) is 9.84. The highest BCUT2D eigenvalue weighted by molar-refractivity contribution is 5.85. The predicted molar refractivity (Wildman–Crippen MR) is 39.4 cm³/mol. The summed E-state index contributed by atoms with van der Waals surface area (Å²) in [6.45, 7) is 0. The molecule has 0 aromatic carbocycles. The van der Waals surface area contributed by atoms with E-state index in [2.05, 4.69) is 9.68 Å². The van der Waals surface area contributed by atoms with Gasteiger partial charge in [-0.1, -0.05) is 5.16 Å². The Morgan fingerprint density at radius 2 is 2.15 bits per heavy atom. The number of rotatable bonds is 4. The van der Waals surface area contributed by atoms with Gasteiger partial charge in [-0.2, -0.15) is 0 Å². The maximum absolute atomic E-state index is 10.3. The van der Waals surface area contributed by atoms with Gasteiger partial charge in [0.2, 0.25) is 0 Å². The Bertz CT molecular complexity index is 329. The number of carboxylic acid groups (broad SMARTS) is 2. The Hall–Kier alpha value is -1.85. The van der Waals surface area contributed by atoms with Crippen LogP contribution in [0.15, 0.2) is 10.6 Å². The van der Waals surface area contributed by atoms with Gasteiger partial charge in [0.25, 0.3) is 0 Å². The van der Waals surface area contributed by atoms with Gasteiger partial charge in [-0.25, -0.2) is 4.79 Å². The summed E-state index contributed by atoms with van der Waals surface area (Å²) in [6, 6.07) is 1.21. The first kappa shape index (κ1) is 9.24. The molecule has 6 nitrogen and oxygen atoms in total. The monoisotopic (exact) mass is 185 g/mol. The minimum absolute atomic E-state index is 0.103. The molecule has 0 spiro atoms. The molecule has 1 aromatic heterocycles. The molecule has 70 valence electrons. The van der Waals surface area contributed by atoms with E-state index in [0.29, 0.717) is 0 Å². The van der Waals surface area contributed by atoms with Crippen LogP contribution in [0.2, 0.25) is 0 Å². The second-order valence-electron chi connectivity index (χ2n) is 2.38. The van der Waals surface area contributed by atoms with Gasteiger partial charge in [0.05, 0.1) is 6.42 Å². The van der Waals surface area contributed by atoms with Crippen molar-refractivity contribution in [3.05, 3.63) is 17.5 Å². The van der Waals surface area contributed by atoms with Crippen molar-refractivity contribution in [2.24, 2.45) is 0 Å². The molecule has 6 heteroatoms. The first-order valence-electron chi connectivity index (χ1n) is 3.50. The van der Waals surface area contributed by atoms with Gasteiger partial charge in [0, 0.05) is 12.5 Å². The van der Waals surface area contributed by atoms with Gasteiger partial charge < -0.3 is 14.7 Å². The van der Waals surface area contributed by atoms with Crippen molar-refractivity contribution in [1.82, 2.24) is 5.16 Å². The Kier molecular flexibility index (Phi) is 2.63. The van der Waals surface area contributed by atoms with Crippen LogP contribution in [0.3, 0.4) is 0 Å². The Balaban J connectivity index is 2.59. The molecule has 0 bridgehead atoms. The smallest absolute Gasteiger partial charge is 0.358 e. The summed E-state index contributed by atoms with van der Waals surface area (Å²) in [4.78, 5) is 20.4. The first-order valence-corrected chi connectivity index (χ1v) is 3.50. The lowest BCUT2D eigenvalue weighted by atomic mass is 10.2. The van der Waals surface area contributed by atoms with Gasteiger partial charge in [-0.15, -0.1) is 0 Å². The molecule has 2 N–H and O–H groups in total. The van der Waals surface area contributed by atoms with Crippen LogP contribution in [-0.2, 0) is 11.2 Å². The lowest BCUT2D eigenvalue weighted by Gasteiger charge is -1.87. The van der Waals surface area contributed by atoms with Crippen LogP contribution in [-0.4, -0.2) is 27.3 Å². The van der Waals surface area contributed by atoms with E-state index in [1.165, 1.54) is 6.07 Å². The largest absolute Gasteiger partial charge is 0.481 e. The molecule has 0 atom stereocenters. The molecular weight excluding hydrogens is 178 g/mol. The second kappa shape index (κ2) is 3.70. The molecule has 0 unspecified atom stereocenters. The SMILES string of the molecule is O=C(O)CCc1cc(C(=O)O)no1. The summed E-state index contributed by atoms with van der Waals surface area (Å²) in [5.41, 5.74) is -0.208. The molecule has 1 aromatic rings. The highest BCUT2D eigenvalue weighted by atomic mass is 16.5. The number of aromatic carboxylic acids is 1. The highest BCUT2D eigenvalue weighted by Crippen LogP contribution is 2.05. The standard InChI is InChI=1S/C7H7NO5/c9-6(10)2-1-4-3-5(7(11)12)8-13-4/h3H,1-2H2,(H,9,10)(H,11,12). The van der Waals surface area contributed by atoms with E-state index in [4.69, 9.17) is 10.2 Å². The summed E-state index contributed by atoms with van der Waals surface area (Å²) in [7, 11) is 0. The van der Waals surface area contributed by atoms with Gasteiger partial charge in [0.15, 0.2) is 5.69 Å². The number of aromatic nitrogens is 1. The third kappa shape index (κ3) is 2.58. The van der Waals surface area contributed by atoms with E-state index in [-0.39, 0.29) is 24.3 Å². The number of aryl methyl sites for hydroxylation is 1. The minimum atomic E-state index is -1.19. The normalized spacial score (nSPS) is 9.85. The van der Waals surface area contributed by atoms with Crippen LogP contribution in [0.5, 0.6) is 0 Å². The van der Waals surface area contributed by atoms with E-state index in [1.807, 2.05) is 0 Å². The maximum Gasteiger partial charge on any atom is 0.358 e. The van der Waals surface area contributed by atoms with E-state index in [1.54, 1.807) is 0 Å². The van der Waals surface area contributed by atoms with Crippen molar-refractivity contribution in [3.63, 3.8) is 0 Å². The number of carboxylic acids is 2. The fourth-order valence-electron chi connectivity index (χ4n) is 0.762. The van der Waals surface area contributed by atoms with Crippen molar-refractivity contribution in [2.75, 3.05) is 0 Å². The van der Waals surface area contributed by atoms with E-state index in [0.717, 1.165) is 0 Å². The van der Waals surface area contributed by atoms with Gasteiger partial charge >= 0.3 is 11.9 Å². The van der Waals surface area contributed by atoms with Crippen LogP contribution in [0.1, 0.15) is 22.7 Å². The summed E-state index contributed by atoms with van der Waals surface area (Å²) in [5, 5.41) is 20.0. The number of hydrogen-bond donors (Lipinski definition) is 2. The van der Waals surface area contributed by atoms with Crippen molar-refractivity contribution < 1.29 is 24.3 Å². The van der Waals surface area contributed by atoms with Crippen LogP contribution in [0.4, 0.5) is 0 Å². The average Bonchev–Trinajstić information content (AvgIpc) is 2.48. The van der Waals surface area contributed by atoms with Crippen molar-refractivity contribution >= 4 is 11.9 Å². The molecule has 1 heterocycles. The van der Waals surface area contributed by atoms with Gasteiger partial charge in [0.1, 0.15) is 5.76 Å². The average molecular weight is 185 g/mol. The molecule has 0 amide bonds. The van der Waals surface area contributed by atoms with Crippen LogP contribution in [0.25, 0.3) is 0 Å². The fraction of sp³-hybridized carbons (Fsp3) is 0.286. The third-order valence-electron chi connectivity index (χ3n) is 1.36. The minimum Gasteiger partial charge on any atom is -0.481 e. The third-order valence-corrected chi connectivity index (χ3v) is 1.36. The summed E-state index contributed by atoms with van der Waals surface area (Å²) in [6.07, 6.45) is 0.0455. The summed E-state index contributed by atoms with van der Waals surface area (Å²) >= 11 is 0. The molecule has 0 aliphatic heterocycles. The van der Waals surface area contributed by atoms with E-state index >= 15 is 0 Å². The number of nitrogens with zero attached hydrogens (tertiary/aromatic N) is 1. The van der Waals surface area contributed by atoms with Gasteiger partial charge in [-0.3, -0.25) is 4.79 Å². The fourth-order valence-corrected chi connectivity index (χ4v) is 0.762. The van der Waals surface area contributed by atoms with Crippen molar-refractivity contribution in [3.8, 4) is 0 Å². The zero-order valence-electron chi connectivity index (χ0n) is 6.56. The lowest BCUT2D eigenvalue weighted by molar-refractivity contribution is -0.137. The van der Waals surface area contributed by atoms with Crippen molar-refractivity contribution in [1.29, 1.82) is 0 Å². The Labute approximate surface area is 72.8 Å². The molecule has 0 fully saturated rings. The Morgan fingerprint density at radius 3 is 2.62 bits per heavy atom. The number of carbonyl (C=O) groups is 2. The van der Waals surface area contributed by atoms with Gasteiger partial charge in [-0.05, 0) is 0 Å². The number of hydrogen-bond acceptors (Lipinski definition) is 4. The Morgan fingerprint density at radius 1 is 1.46 bits per heavy atom. The molecular formula is C7H7NO5. The molecule has 0 saturated heterocycles. The van der Waals surface area contributed by atoms with E-state index in [9.17, 15) is 9.59 Å². The predicted octanol–water partition coefficient (Wildman–Crippen LogP) is 0.390. The highest BCUT2D eigenvalue weighted by Gasteiger charge is 2.11. The molecule has 0 saturated carbocycles. The molecule has 0 aliphatic rings. The van der Waals surface area contributed by atoms with Crippen LogP contribution < -0.4 is 0 Å². The molecule has 0 aliphatic carbocycles. The first-order chi connectivity index (χ1) is 6.09. The maximum atomic E-state index is 10.3. The summed E-state index contributed by atoms with van der Waals surface area (Å²) in [5.74, 6) is -1.89. The molecule has 1 rings (SSSR count). The lowest BCUT2D eigenvalue weighted by Crippen LogP contribution is -1.97. The summed E-state index contributed by atoms with van der Waals surface area (Å²) < 4.78 is 4.58. The molecule has 0 radical (unpaired) electrons.